The fourth-order valence-electron chi connectivity index (χ4n) is 3.54. The second-order valence-electron chi connectivity index (χ2n) is 7.50. The first kappa shape index (κ1) is 28.4. The second-order valence-corrected chi connectivity index (χ2v) is 10.4. The van der Waals surface area contributed by atoms with E-state index in [0.29, 0.717) is 11.3 Å². The minimum atomic E-state index is -4.69. The zero-order valence-corrected chi connectivity index (χ0v) is 19.7. The topological polar surface area (TPSA) is 171 Å². The summed E-state index contributed by atoms with van der Waals surface area (Å²) in [6.45, 7) is -0.300. The molecule has 2 aromatic rings. The van der Waals surface area contributed by atoms with Crippen LogP contribution >= 0.6 is 34.4 Å². The quantitative estimate of drug-likeness (QED) is 0.129. The van der Waals surface area contributed by atoms with Crippen LogP contribution in [-0.4, -0.2) is 102 Å². The molecule has 0 saturated carbocycles. The molecule has 0 aromatic carbocycles. The van der Waals surface area contributed by atoms with Crippen molar-refractivity contribution in [3.8, 4) is 0 Å². The van der Waals surface area contributed by atoms with Crippen molar-refractivity contribution in [2.75, 3.05) is 18.0 Å². The first-order valence-electron chi connectivity index (χ1n) is 9.56. The van der Waals surface area contributed by atoms with E-state index < -0.39 is 52.2 Å². The summed E-state index contributed by atoms with van der Waals surface area (Å²) in [6.07, 6.45) is -2.49. The molecule has 18 heteroatoms. The van der Waals surface area contributed by atoms with E-state index >= 15 is 0 Å². The van der Waals surface area contributed by atoms with Crippen LogP contribution in [0.25, 0.3) is 6.08 Å². The van der Waals surface area contributed by atoms with Gasteiger partial charge in [-0.3, -0.25) is 14.4 Å². The molecule has 11 nitrogen and oxygen atoms in total. The number of nitrogen functional groups attached to an aromatic ring is 1. The van der Waals surface area contributed by atoms with Crippen molar-refractivity contribution < 1.29 is 37.9 Å². The average Bonchev–Trinajstić information content (AvgIpc) is 3.45. The maximum absolute atomic E-state index is 13.1. The number of thioether (sulfide) groups is 1. The summed E-state index contributed by atoms with van der Waals surface area (Å²) < 4.78 is 39.2. The summed E-state index contributed by atoms with van der Waals surface area (Å²) in [5.41, 5.74) is 3.34. The number of fused-ring (bicyclic) bond motifs is 1. The molecular formula is C18H16F3N6NaO5S3. The number of nitrogens with two attached hydrogens (primary N) is 1. The van der Waals surface area contributed by atoms with Crippen molar-refractivity contribution in [1.82, 2.24) is 20.2 Å². The van der Waals surface area contributed by atoms with Crippen LogP contribution in [0.3, 0.4) is 0 Å². The number of nitrogens with zero attached hydrogens (tertiary/aromatic N) is 4. The molecule has 2 amide bonds. The third-order valence-electron chi connectivity index (χ3n) is 5.31. The third kappa shape index (κ3) is 5.26. The van der Waals surface area contributed by atoms with Crippen molar-refractivity contribution in [3.63, 3.8) is 0 Å². The number of carbonyl (C=O) groups is 3. The summed E-state index contributed by atoms with van der Waals surface area (Å²) in [5, 5.41) is 25.3. The Balaban J connectivity index is 0.00000361. The molecule has 0 radical (unpaired) electrons. The number of amides is 2. The van der Waals surface area contributed by atoms with Crippen molar-refractivity contribution in [2.24, 2.45) is 10.6 Å². The number of alkyl halides is 3. The number of aliphatic carboxylic acids is 1. The standard InChI is InChI=1S/C18H15F3N6O5S3.Na.H/c19-18(20,21)11-8(35-6-23-11)1-2-17(15(30)31)4-27-13(29)10(14(27)34-5-17)25-12(28)9(26-32)7-3-33-16(22)24-7;;/h1-3,6,10,14,32H,4-5H2,(H2,22,24)(H,25,28)(H,30,31);;/t10?,14-,17?;;/m1../s1. The van der Waals surface area contributed by atoms with Crippen molar-refractivity contribution in [2.45, 2.75) is 17.6 Å². The number of oxime groups is 1. The monoisotopic (exact) mass is 572 g/mol. The van der Waals surface area contributed by atoms with E-state index in [2.05, 4.69) is 20.4 Å². The summed E-state index contributed by atoms with van der Waals surface area (Å²) in [5.74, 6) is -2.84. The van der Waals surface area contributed by atoms with Gasteiger partial charge in [0.25, 0.3) is 5.91 Å². The van der Waals surface area contributed by atoms with Gasteiger partial charge in [-0.05, 0) is 6.08 Å². The van der Waals surface area contributed by atoms with Gasteiger partial charge in [0.2, 0.25) is 5.91 Å². The Labute approximate surface area is 234 Å². The average molecular weight is 573 g/mol. The van der Waals surface area contributed by atoms with Crippen LogP contribution in [0.15, 0.2) is 22.1 Å². The Kier molecular flexibility index (Phi) is 8.41. The van der Waals surface area contributed by atoms with Crippen molar-refractivity contribution >= 4 is 98.7 Å². The van der Waals surface area contributed by atoms with Crippen LogP contribution in [-0.2, 0) is 20.6 Å². The van der Waals surface area contributed by atoms with E-state index in [0.717, 1.165) is 40.8 Å². The van der Waals surface area contributed by atoms with Gasteiger partial charge in [-0.2, -0.15) is 13.2 Å². The first-order chi connectivity index (χ1) is 16.5. The second kappa shape index (κ2) is 10.7. The third-order valence-corrected chi connectivity index (χ3v) is 8.33. The Bertz CT molecular complexity index is 1250. The van der Waals surface area contributed by atoms with E-state index in [4.69, 9.17) is 5.73 Å². The molecule has 2 aliphatic rings. The predicted molar refractivity (Wildman–Crippen MR) is 128 cm³/mol. The van der Waals surface area contributed by atoms with Crippen LogP contribution < -0.4 is 11.1 Å². The molecule has 4 rings (SSSR count). The Morgan fingerprint density at radius 3 is 2.67 bits per heavy atom. The van der Waals surface area contributed by atoms with Crippen LogP contribution in [0.4, 0.5) is 18.3 Å². The van der Waals surface area contributed by atoms with E-state index in [1.165, 1.54) is 10.3 Å². The van der Waals surface area contributed by atoms with E-state index in [-0.39, 0.29) is 57.6 Å². The first-order valence-corrected chi connectivity index (χ1v) is 12.4. The van der Waals surface area contributed by atoms with Crippen molar-refractivity contribution in [3.05, 3.63) is 33.2 Å². The SMILES string of the molecule is Nc1nc(C(=NO)C(=O)NC2C(=O)N3CC(C=Cc4scnc4C(F)(F)F)(C(=O)O)CS[C@H]23)cs1.[NaH]. The summed E-state index contributed by atoms with van der Waals surface area (Å²) >= 11 is 2.79. The fourth-order valence-corrected chi connectivity index (χ4v) is 6.30. The fraction of sp³-hybridized carbons (Fsp3) is 0.333. The van der Waals surface area contributed by atoms with Crippen LogP contribution in [0.5, 0.6) is 0 Å². The van der Waals surface area contributed by atoms with E-state index in [1.807, 2.05) is 0 Å². The molecule has 2 unspecified atom stereocenters. The van der Waals surface area contributed by atoms with Gasteiger partial charge in [0.1, 0.15) is 22.5 Å². The molecule has 2 fully saturated rings. The number of hydrogen-bond donors (Lipinski definition) is 4. The molecule has 36 heavy (non-hydrogen) atoms. The van der Waals surface area contributed by atoms with Gasteiger partial charge in [-0.1, -0.05) is 11.2 Å². The van der Waals surface area contributed by atoms with Crippen molar-refractivity contribution in [1.29, 1.82) is 0 Å². The van der Waals surface area contributed by atoms with Gasteiger partial charge < -0.3 is 26.3 Å². The summed E-state index contributed by atoms with van der Waals surface area (Å²) in [6, 6.07) is -1.02. The molecular weight excluding hydrogens is 556 g/mol. The number of thiazole rings is 2. The molecule has 5 N–H and O–H groups in total. The number of carboxylic acid groups (broad SMARTS) is 1. The number of β-lactam (4-membered cyclic amide) rings is 1. The Hall–Kier alpha value is -2.18. The molecule has 188 valence electrons. The van der Waals surface area contributed by atoms with Gasteiger partial charge in [-0.25, -0.2) is 9.97 Å². The normalized spacial score (nSPS) is 24.1. The van der Waals surface area contributed by atoms with E-state index in [1.54, 1.807) is 0 Å². The van der Waals surface area contributed by atoms with Gasteiger partial charge in [0.05, 0.1) is 10.4 Å². The van der Waals surface area contributed by atoms with Gasteiger partial charge >= 0.3 is 41.7 Å². The minimum absolute atomic E-state index is 0. The predicted octanol–water partition coefficient (Wildman–Crippen LogP) is 0.915. The number of rotatable bonds is 6. The molecule has 0 bridgehead atoms. The number of anilines is 1. The summed E-state index contributed by atoms with van der Waals surface area (Å²) in [4.78, 5) is 45.4. The maximum atomic E-state index is 13.1. The molecule has 2 saturated heterocycles. The zero-order chi connectivity index (χ0) is 25.5. The molecule has 2 aromatic heterocycles. The van der Waals surface area contributed by atoms with Crippen LogP contribution in [0.2, 0.25) is 0 Å². The molecule has 2 aliphatic heterocycles. The Morgan fingerprint density at radius 2 is 2.08 bits per heavy atom. The van der Waals surface area contributed by atoms with Gasteiger partial charge in [0.15, 0.2) is 16.5 Å². The van der Waals surface area contributed by atoms with Crippen LogP contribution in [0, 0.1) is 5.41 Å². The number of hydrogen-bond acceptors (Lipinski definition) is 11. The molecule has 4 heterocycles. The molecule has 0 aliphatic carbocycles. The number of nitrogens with one attached hydrogen (secondary N) is 1. The summed E-state index contributed by atoms with van der Waals surface area (Å²) in [7, 11) is 0. The van der Waals surface area contributed by atoms with E-state index in [9.17, 15) is 37.9 Å². The number of carboxylic acids is 1. The number of halogens is 3. The Morgan fingerprint density at radius 1 is 1.36 bits per heavy atom. The zero-order valence-electron chi connectivity index (χ0n) is 17.2. The number of aromatic nitrogens is 2. The van der Waals surface area contributed by atoms with Gasteiger partial charge in [0, 0.05) is 17.7 Å². The van der Waals surface area contributed by atoms with Crippen LogP contribution in [0.1, 0.15) is 16.3 Å². The van der Waals surface area contributed by atoms with Gasteiger partial charge in [-0.15, -0.1) is 34.4 Å². The molecule has 0 spiro atoms. The molecule has 3 atom stereocenters. The number of carbonyl (C=O) groups excluding carboxylic acids is 2.